The third kappa shape index (κ3) is 2.66. The summed E-state index contributed by atoms with van der Waals surface area (Å²) in [7, 11) is 0. The minimum Gasteiger partial charge on any atom is -0.365 e. The van der Waals surface area contributed by atoms with E-state index in [9.17, 15) is 14.0 Å². The third-order valence-corrected chi connectivity index (χ3v) is 5.10. The van der Waals surface area contributed by atoms with Crippen molar-refractivity contribution in [3.8, 4) is 0 Å². The maximum atomic E-state index is 13.9. The molecule has 3 heterocycles. The van der Waals surface area contributed by atoms with E-state index < -0.39 is 0 Å². The van der Waals surface area contributed by atoms with Crippen LogP contribution in [-0.4, -0.2) is 44.4 Å². The number of carbonyl (C=O) groups is 1. The van der Waals surface area contributed by atoms with Crippen LogP contribution in [0.3, 0.4) is 0 Å². The minimum absolute atomic E-state index is 0.208. The number of aromatic nitrogens is 4. The summed E-state index contributed by atoms with van der Waals surface area (Å²) in [6.07, 6.45) is 5.13. The van der Waals surface area contributed by atoms with Gasteiger partial charge in [-0.15, -0.1) is 0 Å². The van der Waals surface area contributed by atoms with Crippen LogP contribution >= 0.6 is 0 Å². The molecule has 0 bridgehead atoms. The van der Waals surface area contributed by atoms with Gasteiger partial charge in [-0.2, -0.15) is 10.2 Å². The molecule has 9 heteroatoms. The van der Waals surface area contributed by atoms with Crippen molar-refractivity contribution in [3.05, 3.63) is 53.0 Å². The van der Waals surface area contributed by atoms with Crippen LogP contribution in [0.1, 0.15) is 12.8 Å². The molecule has 0 spiro atoms. The largest absolute Gasteiger partial charge is 0.365 e. The normalized spacial score (nSPS) is 16.6. The Hall–Kier alpha value is -3.23. The average molecular weight is 368 g/mol. The molecule has 5 rings (SSSR count). The van der Waals surface area contributed by atoms with Gasteiger partial charge in [0.1, 0.15) is 24.2 Å². The Kier molecular flexibility index (Phi) is 3.49. The van der Waals surface area contributed by atoms with Gasteiger partial charge in [-0.05, 0) is 37.1 Å². The summed E-state index contributed by atoms with van der Waals surface area (Å²) in [5, 5.41) is 7.97. The van der Waals surface area contributed by atoms with E-state index in [1.807, 2.05) is 0 Å². The van der Waals surface area contributed by atoms with Gasteiger partial charge in [0, 0.05) is 19.1 Å². The number of anilines is 2. The fraction of sp³-hybridized carbons (Fsp3) is 0.333. The molecule has 3 aromatic rings. The summed E-state index contributed by atoms with van der Waals surface area (Å²) in [6, 6.07) is 6.58. The maximum Gasteiger partial charge on any atom is 0.293 e. The Bertz CT molecular complexity index is 1100. The molecule has 2 aliphatic rings. The molecule has 1 aliphatic heterocycles. The Labute approximate surface area is 153 Å². The Balaban J connectivity index is 1.47. The topological polar surface area (TPSA) is 75.7 Å². The number of nitrogens with zero attached hydrogens (tertiary/aromatic N) is 6. The van der Waals surface area contributed by atoms with Crippen LogP contribution in [0.2, 0.25) is 0 Å². The summed E-state index contributed by atoms with van der Waals surface area (Å²) in [5.74, 6) is -0.684. The quantitative estimate of drug-likeness (QED) is 0.691. The Morgan fingerprint density at radius 1 is 1.15 bits per heavy atom. The molecule has 0 unspecified atom stereocenters. The molecule has 27 heavy (non-hydrogen) atoms. The van der Waals surface area contributed by atoms with E-state index in [0.717, 1.165) is 23.2 Å². The van der Waals surface area contributed by atoms with E-state index in [1.54, 1.807) is 17.0 Å². The second-order valence-corrected chi connectivity index (χ2v) is 6.86. The van der Waals surface area contributed by atoms with E-state index in [-0.39, 0.29) is 23.8 Å². The number of hydrogen-bond acceptors (Lipinski definition) is 5. The fourth-order valence-electron chi connectivity index (χ4n) is 3.63. The lowest BCUT2D eigenvalue weighted by Gasteiger charge is -2.38. The van der Waals surface area contributed by atoms with Crippen molar-refractivity contribution < 1.29 is 9.18 Å². The van der Waals surface area contributed by atoms with Gasteiger partial charge in [0.15, 0.2) is 0 Å². The molecule has 1 saturated carbocycles. The first-order chi connectivity index (χ1) is 13.1. The first-order valence-electron chi connectivity index (χ1n) is 8.88. The van der Waals surface area contributed by atoms with Gasteiger partial charge in [0.25, 0.3) is 5.56 Å². The van der Waals surface area contributed by atoms with Gasteiger partial charge in [0.05, 0.1) is 17.6 Å². The van der Waals surface area contributed by atoms with Crippen LogP contribution in [-0.2, 0) is 11.3 Å². The SMILES string of the molecule is O=C(Cn1ncn2nccc2c1=O)N1CCN(C2CC2)c2ccc(F)cc21. The predicted molar refractivity (Wildman–Crippen MR) is 96.4 cm³/mol. The molecule has 138 valence electrons. The molecule has 8 nitrogen and oxygen atoms in total. The van der Waals surface area contributed by atoms with Gasteiger partial charge in [-0.25, -0.2) is 13.6 Å². The van der Waals surface area contributed by atoms with Gasteiger partial charge >= 0.3 is 0 Å². The first kappa shape index (κ1) is 16.0. The van der Waals surface area contributed by atoms with E-state index in [4.69, 9.17) is 0 Å². The molecule has 1 amide bonds. The number of rotatable bonds is 3. The van der Waals surface area contributed by atoms with Crippen molar-refractivity contribution in [3.63, 3.8) is 0 Å². The zero-order valence-electron chi connectivity index (χ0n) is 14.5. The van der Waals surface area contributed by atoms with Crippen LogP contribution in [0.25, 0.3) is 5.52 Å². The molecular formula is C18H17FN6O2. The van der Waals surface area contributed by atoms with Crippen LogP contribution in [0.4, 0.5) is 15.8 Å². The highest BCUT2D eigenvalue weighted by Gasteiger charge is 2.35. The van der Waals surface area contributed by atoms with Crippen molar-refractivity contribution in [2.45, 2.75) is 25.4 Å². The molecule has 0 saturated heterocycles. The first-order valence-corrected chi connectivity index (χ1v) is 8.88. The van der Waals surface area contributed by atoms with Crippen molar-refractivity contribution in [1.29, 1.82) is 0 Å². The highest BCUT2D eigenvalue weighted by atomic mass is 19.1. The van der Waals surface area contributed by atoms with E-state index in [0.29, 0.717) is 30.3 Å². The molecule has 0 atom stereocenters. The van der Waals surface area contributed by atoms with Crippen molar-refractivity contribution in [2.75, 3.05) is 22.9 Å². The minimum atomic E-state index is -0.389. The zero-order valence-corrected chi connectivity index (χ0v) is 14.5. The summed E-state index contributed by atoms with van der Waals surface area (Å²) >= 11 is 0. The van der Waals surface area contributed by atoms with Crippen LogP contribution < -0.4 is 15.4 Å². The van der Waals surface area contributed by atoms with Crippen LogP contribution in [0.15, 0.2) is 41.6 Å². The fourth-order valence-corrected chi connectivity index (χ4v) is 3.63. The lowest BCUT2D eigenvalue weighted by atomic mass is 10.1. The van der Waals surface area contributed by atoms with Crippen molar-refractivity contribution in [2.24, 2.45) is 0 Å². The molecule has 0 radical (unpaired) electrons. The molecule has 1 aromatic carbocycles. The smallest absolute Gasteiger partial charge is 0.293 e. The van der Waals surface area contributed by atoms with Crippen LogP contribution in [0.5, 0.6) is 0 Å². The number of amides is 1. The van der Waals surface area contributed by atoms with Crippen molar-refractivity contribution >= 4 is 22.8 Å². The van der Waals surface area contributed by atoms with E-state index >= 15 is 0 Å². The Morgan fingerprint density at radius 3 is 2.81 bits per heavy atom. The lowest BCUT2D eigenvalue weighted by molar-refractivity contribution is -0.119. The summed E-state index contributed by atoms with van der Waals surface area (Å²) in [5.41, 5.74) is 1.38. The maximum absolute atomic E-state index is 13.9. The summed E-state index contributed by atoms with van der Waals surface area (Å²) < 4.78 is 16.4. The van der Waals surface area contributed by atoms with E-state index in [1.165, 1.54) is 29.2 Å². The average Bonchev–Trinajstić information content (AvgIpc) is 3.39. The van der Waals surface area contributed by atoms with Gasteiger partial charge < -0.3 is 9.80 Å². The van der Waals surface area contributed by atoms with Crippen molar-refractivity contribution in [1.82, 2.24) is 19.4 Å². The number of benzene rings is 1. The van der Waals surface area contributed by atoms with Gasteiger partial charge in [-0.3, -0.25) is 9.59 Å². The summed E-state index contributed by atoms with van der Waals surface area (Å²) in [4.78, 5) is 29.2. The van der Waals surface area contributed by atoms with Gasteiger partial charge in [0.2, 0.25) is 5.91 Å². The molecule has 2 aromatic heterocycles. The second-order valence-electron chi connectivity index (χ2n) is 6.86. The van der Waals surface area contributed by atoms with Gasteiger partial charge in [-0.1, -0.05) is 0 Å². The predicted octanol–water partition coefficient (Wildman–Crippen LogP) is 1.05. The number of fused-ring (bicyclic) bond motifs is 2. The molecular weight excluding hydrogens is 351 g/mol. The molecule has 0 N–H and O–H groups in total. The van der Waals surface area contributed by atoms with E-state index in [2.05, 4.69) is 15.1 Å². The highest BCUT2D eigenvalue weighted by molar-refractivity contribution is 5.97. The molecule has 1 aliphatic carbocycles. The number of halogens is 1. The Morgan fingerprint density at radius 2 is 2.00 bits per heavy atom. The lowest BCUT2D eigenvalue weighted by Crippen LogP contribution is -2.47. The standard InChI is InChI=1S/C18H17FN6O2/c19-12-1-4-14-16(9-12)23(8-7-22(14)13-2-3-13)17(26)10-24-18(27)15-5-6-20-25(15)11-21-24/h1,4-6,9,11,13H,2-3,7-8,10H2. The third-order valence-electron chi connectivity index (χ3n) is 5.10. The second kappa shape index (κ2) is 5.90. The zero-order chi connectivity index (χ0) is 18.5. The van der Waals surface area contributed by atoms with Crippen LogP contribution in [0, 0.1) is 5.82 Å². The molecule has 1 fully saturated rings. The number of carbonyl (C=O) groups excluding carboxylic acids is 1. The monoisotopic (exact) mass is 368 g/mol. The summed E-state index contributed by atoms with van der Waals surface area (Å²) in [6.45, 7) is 0.939. The number of hydrogen-bond donors (Lipinski definition) is 0. The highest BCUT2D eigenvalue weighted by Crippen LogP contribution is 2.40.